The van der Waals surface area contributed by atoms with Crippen molar-refractivity contribution in [3.05, 3.63) is 70.3 Å². The van der Waals surface area contributed by atoms with Crippen molar-refractivity contribution in [2.45, 2.75) is 38.3 Å². The number of fused-ring (bicyclic) bond motifs is 3. The minimum absolute atomic E-state index is 0.0631. The van der Waals surface area contributed by atoms with Crippen molar-refractivity contribution in [3.63, 3.8) is 0 Å². The van der Waals surface area contributed by atoms with Crippen molar-refractivity contribution in [1.29, 1.82) is 0 Å². The summed E-state index contributed by atoms with van der Waals surface area (Å²) < 4.78 is 12.9. The first-order valence-corrected chi connectivity index (χ1v) is 11.7. The highest BCUT2D eigenvalue weighted by molar-refractivity contribution is 6.30. The molecule has 2 aliphatic heterocycles. The molecule has 3 aromatic rings. The lowest BCUT2D eigenvalue weighted by Crippen LogP contribution is -2.39. The molecule has 0 aliphatic carbocycles. The molecule has 1 atom stereocenters. The molecule has 176 valence electrons. The van der Waals surface area contributed by atoms with Crippen molar-refractivity contribution in [3.8, 4) is 11.4 Å². The Morgan fingerprint density at radius 1 is 1.18 bits per heavy atom. The summed E-state index contributed by atoms with van der Waals surface area (Å²) >= 11 is 6.15. The number of aliphatic imine (C=N–C) groups is 1. The average molecular weight is 480 g/mol. The van der Waals surface area contributed by atoms with Gasteiger partial charge < -0.3 is 14.8 Å². The van der Waals surface area contributed by atoms with Gasteiger partial charge in [-0.25, -0.2) is 0 Å². The van der Waals surface area contributed by atoms with Gasteiger partial charge in [0.25, 0.3) is 0 Å². The number of ether oxygens (including phenoxy) is 2. The molecule has 0 bridgehead atoms. The molecule has 9 heteroatoms. The Balaban J connectivity index is 1.59. The third kappa shape index (κ3) is 4.43. The highest BCUT2D eigenvalue weighted by atomic mass is 35.5. The van der Waals surface area contributed by atoms with E-state index in [1.54, 1.807) is 7.11 Å². The van der Waals surface area contributed by atoms with Gasteiger partial charge in [-0.1, -0.05) is 23.7 Å². The average Bonchev–Trinajstić information content (AvgIpc) is 3.17. The number of halogens is 1. The van der Waals surface area contributed by atoms with E-state index in [9.17, 15) is 4.79 Å². The van der Waals surface area contributed by atoms with Gasteiger partial charge in [0.2, 0.25) is 5.91 Å². The third-order valence-electron chi connectivity index (χ3n) is 6.22. The summed E-state index contributed by atoms with van der Waals surface area (Å²) in [4.78, 5) is 18.1. The number of amides is 1. The van der Waals surface area contributed by atoms with E-state index in [-0.39, 0.29) is 18.4 Å². The number of aromatic nitrogens is 3. The van der Waals surface area contributed by atoms with Gasteiger partial charge in [-0.15, -0.1) is 10.2 Å². The Labute approximate surface area is 203 Å². The molecule has 3 heterocycles. The molecule has 0 unspecified atom stereocenters. The van der Waals surface area contributed by atoms with E-state index < -0.39 is 6.04 Å². The topological polar surface area (TPSA) is 90.6 Å². The summed E-state index contributed by atoms with van der Waals surface area (Å²) in [5, 5.41) is 12.5. The molecule has 1 saturated heterocycles. The lowest BCUT2D eigenvalue weighted by molar-refractivity contribution is -0.122. The fourth-order valence-corrected chi connectivity index (χ4v) is 4.61. The molecular weight excluding hydrogens is 454 g/mol. The molecule has 1 N–H and O–H groups in total. The van der Waals surface area contributed by atoms with Crippen molar-refractivity contribution in [1.82, 2.24) is 20.1 Å². The molecule has 0 spiro atoms. The number of methoxy groups -OCH3 is 1. The summed E-state index contributed by atoms with van der Waals surface area (Å²) in [6.07, 6.45) is 1.80. The Kier molecular flexibility index (Phi) is 6.34. The number of hydrogen-bond donors (Lipinski definition) is 1. The standard InChI is InChI=1S/C25H26ClN5O3/c1-15-29-30-25-21(14-23(32)27-18-9-11-34-12-10-18)28-24(16-3-5-17(26)6-4-16)20-13-19(33-2)7-8-22(20)31(15)25/h3-8,13,18,21H,9-12,14H2,1-2H3,(H,27,32)/t21-/m0/s1. The predicted molar refractivity (Wildman–Crippen MR) is 129 cm³/mol. The van der Waals surface area contributed by atoms with E-state index >= 15 is 0 Å². The molecule has 2 aliphatic rings. The van der Waals surface area contributed by atoms with Crippen molar-refractivity contribution in [2.24, 2.45) is 4.99 Å². The maximum absolute atomic E-state index is 13.1. The van der Waals surface area contributed by atoms with Crippen LogP contribution in [0.4, 0.5) is 0 Å². The fraction of sp³-hybridized carbons (Fsp3) is 0.360. The van der Waals surface area contributed by atoms with Crippen LogP contribution in [-0.2, 0) is 9.53 Å². The molecule has 0 saturated carbocycles. The second-order valence-corrected chi connectivity index (χ2v) is 8.92. The van der Waals surface area contributed by atoms with E-state index in [0.29, 0.717) is 29.8 Å². The largest absolute Gasteiger partial charge is 0.497 e. The lowest BCUT2D eigenvalue weighted by atomic mass is 10.00. The van der Waals surface area contributed by atoms with Crippen LogP contribution in [-0.4, -0.2) is 52.7 Å². The van der Waals surface area contributed by atoms with Gasteiger partial charge in [-0.05, 0) is 50.1 Å². The third-order valence-corrected chi connectivity index (χ3v) is 6.47. The van der Waals surface area contributed by atoms with Gasteiger partial charge in [0, 0.05) is 35.4 Å². The van der Waals surface area contributed by atoms with Crippen molar-refractivity contribution in [2.75, 3.05) is 20.3 Å². The highest BCUT2D eigenvalue weighted by Crippen LogP contribution is 2.34. The first-order chi connectivity index (χ1) is 16.5. The zero-order valence-electron chi connectivity index (χ0n) is 19.1. The van der Waals surface area contributed by atoms with Gasteiger partial charge in [0.05, 0.1) is 24.9 Å². The fourth-order valence-electron chi connectivity index (χ4n) is 4.48. The van der Waals surface area contributed by atoms with Crippen LogP contribution in [0.1, 0.15) is 48.1 Å². The van der Waals surface area contributed by atoms with E-state index in [4.69, 9.17) is 26.1 Å². The van der Waals surface area contributed by atoms with Crippen LogP contribution in [0.2, 0.25) is 5.02 Å². The first kappa shape index (κ1) is 22.6. The summed E-state index contributed by atoms with van der Waals surface area (Å²) in [7, 11) is 1.64. The maximum Gasteiger partial charge on any atom is 0.222 e. The zero-order valence-corrected chi connectivity index (χ0v) is 19.9. The number of hydrogen-bond acceptors (Lipinski definition) is 6. The number of nitrogens with one attached hydrogen (secondary N) is 1. The Bertz CT molecular complexity index is 1230. The zero-order chi connectivity index (χ0) is 23.7. The number of aryl methyl sites for hydroxylation is 1. The van der Waals surface area contributed by atoms with Crippen LogP contribution in [0.15, 0.2) is 47.5 Å². The first-order valence-electron chi connectivity index (χ1n) is 11.3. The quantitative estimate of drug-likeness (QED) is 0.600. The summed E-state index contributed by atoms with van der Waals surface area (Å²) in [6.45, 7) is 3.23. The number of carbonyl (C=O) groups is 1. The molecule has 0 radical (unpaired) electrons. The van der Waals surface area contributed by atoms with Crippen LogP contribution in [0.3, 0.4) is 0 Å². The van der Waals surface area contributed by atoms with Gasteiger partial charge in [0.1, 0.15) is 17.6 Å². The molecule has 1 aromatic heterocycles. The Hall–Kier alpha value is -3.23. The van der Waals surface area contributed by atoms with Gasteiger partial charge in [-0.3, -0.25) is 14.4 Å². The summed E-state index contributed by atoms with van der Waals surface area (Å²) in [6, 6.07) is 13.0. The molecule has 1 fully saturated rings. The minimum Gasteiger partial charge on any atom is -0.497 e. The SMILES string of the molecule is COc1ccc2c(c1)C(c1ccc(Cl)cc1)=N[C@@H](CC(=O)NC1CCOCC1)c1nnc(C)n1-2. The number of rotatable bonds is 5. The normalized spacial score (nSPS) is 17.9. The minimum atomic E-state index is -0.509. The van der Waals surface area contributed by atoms with E-state index in [1.807, 2.05) is 54.0 Å². The monoisotopic (exact) mass is 479 g/mol. The number of carbonyl (C=O) groups excluding carboxylic acids is 1. The number of benzene rings is 2. The Morgan fingerprint density at radius 2 is 1.94 bits per heavy atom. The lowest BCUT2D eigenvalue weighted by Gasteiger charge is -2.23. The Morgan fingerprint density at radius 3 is 2.68 bits per heavy atom. The van der Waals surface area contributed by atoms with Crippen LogP contribution < -0.4 is 10.1 Å². The second kappa shape index (κ2) is 9.56. The smallest absolute Gasteiger partial charge is 0.222 e. The summed E-state index contributed by atoms with van der Waals surface area (Å²) in [5.41, 5.74) is 3.40. The maximum atomic E-state index is 13.1. The molecule has 5 rings (SSSR count). The van der Waals surface area contributed by atoms with Gasteiger partial charge in [-0.2, -0.15) is 0 Å². The summed E-state index contributed by atoms with van der Waals surface area (Å²) in [5.74, 6) is 2.01. The van der Waals surface area contributed by atoms with Crippen molar-refractivity contribution < 1.29 is 14.3 Å². The molecule has 1 amide bonds. The molecular formula is C25H26ClN5O3. The molecule has 8 nitrogen and oxygen atoms in total. The predicted octanol–water partition coefficient (Wildman–Crippen LogP) is 3.82. The van der Waals surface area contributed by atoms with Crippen LogP contribution in [0.25, 0.3) is 5.69 Å². The van der Waals surface area contributed by atoms with E-state index in [0.717, 1.165) is 41.2 Å². The highest BCUT2D eigenvalue weighted by Gasteiger charge is 2.30. The molecule has 2 aromatic carbocycles. The van der Waals surface area contributed by atoms with Crippen LogP contribution in [0, 0.1) is 6.92 Å². The van der Waals surface area contributed by atoms with Gasteiger partial charge in [0.15, 0.2) is 5.82 Å². The van der Waals surface area contributed by atoms with Crippen LogP contribution >= 0.6 is 11.6 Å². The van der Waals surface area contributed by atoms with Crippen LogP contribution in [0.5, 0.6) is 5.75 Å². The second-order valence-electron chi connectivity index (χ2n) is 8.48. The number of nitrogens with zero attached hydrogens (tertiary/aromatic N) is 4. The van der Waals surface area contributed by atoms with Crippen molar-refractivity contribution >= 4 is 23.2 Å². The van der Waals surface area contributed by atoms with Gasteiger partial charge >= 0.3 is 0 Å². The van der Waals surface area contributed by atoms with E-state index in [1.165, 1.54) is 0 Å². The molecule has 34 heavy (non-hydrogen) atoms. The van der Waals surface area contributed by atoms with E-state index in [2.05, 4.69) is 15.5 Å².